The third kappa shape index (κ3) is 8.36. The summed E-state index contributed by atoms with van der Waals surface area (Å²) in [6.07, 6.45) is 0. The van der Waals surface area contributed by atoms with Gasteiger partial charge in [0.05, 0.1) is 19.1 Å². The van der Waals surface area contributed by atoms with Crippen LogP contribution in [0, 0.1) is 10.1 Å². The molecule has 0 saturated heterocycles. The predicted octanol–water partition coefficient (Wildman–Crippen LogP) is 9.98. The Morgan fingerprint density at radius 1 is 0.580 bits per heavy atom. The molecule has 0 unspecified atom stereocenters. The molecule has 0 atom stereocenters. The summed E-state index contributed by atoms with van der Waals surface area (Å²) in [4.78, 5) is 35.7. The van der Waals surface area contributed by atoms with E-state index in [0.29, 0.717) is 49.5 Å². The maximum atomic E-state index is 12.7. The van der Waals surface area contributed by atoms with E-state index in [-0.39, 0.29) is 17.3 Å². The molecule has 2 N–H and O–H groups in total. The van der Waals surface area contributed by atoms with Gasteiger partial charge in [-0.25, -0.2) is 0 Å². The van der Waals surface area contributed by atoms with Gasteiger partial charge < -0.3 is 15.2 Å². The number of rotatable bonds is 9. The van der Waals surface area contributed by atoms with Crippen molar-refractivity contribution in [2.45, 2.75) is 0 Å². The average molecular weight is 706 g/mol. The Hall–Kier alpha value is -5.96. The summed E-state index contributed by atoms with van der Waals surface area (Å²) < 4.78 is 10.8. The molecule has 0 bridgehead atoms. The van der Waals surface area contributed by atoms with Crippen LogP contribution in [0.15, 0.2) is 133 Å². The first kappa shape index (κ1) is 35.3. The quantitative estimate of drug-likeness (QED) is 0.0688. The van der Waals surface area contributed by atoms with Crippen molar-refractivity contribution < 1.29 is 24.0 Å². The van der Waals surface area contributed by atoms with Gasteiger partial charge in [-0.1, -0.05) is 47.5 Å². The summed E-state index contributed by atoms with van der Waals surface area (Å²) in [5, 5.41) is 12.0. The highest BCUT2D eigenvalue weighted by Crippen LogP contribution is 2.34. The normalized spacial score (nSPS) is 10.4. The molecule has 6 rings (SSSR count). The fourth-order valence-electron chi connectivity index (χ4n) is 5.16. The number of nitro groups is 1. The van der Waals surface area contributed by atoms with Crippen LogP contribution in [0.3, 0.4) is 0 Å². The fourth-order valence-corrected chi connectivity index (χ4v) is 5.54. The van der Waals surface area contributed by atoms with E-state index in [0.717, 1.165) is 22.3 Å². The van der Waals surface area contributed by atoms with Crippen LogP contribution in [-0.4, -0.2) is 30.7 Å². The van der Waals surface area contributed by atoms with Gasteiger partial charge in [-0.05, 0) is 108 Å². The summed E-state index contributed by atoms with van der Waals surface area (Å²) in [6.45, 7) is 0. The van der Waals surface area contributed by atoms with Gasteiger partial charge >= 0.3 is 0 Å². The molecule has 0 fully saturated rings. The molecule has 250 valence electrons. The van der Waals surface area contributed by atoms with Crippen molar-refractivity contribution in [3.63, 3.8) is 0 Å². The Balaban J connectivity index is 0.000000195. The smallest absolute Gasteiger partial charge is 0.269 e. The first-order valence-electron chi connectivity index (χ1n) is 15.1. The second-order valence-electron chi connectivity index (χ2n) is 10.9. The molecule has 0 aliphatic carbocycles. The summed E-state index contributed by atoms with van der Waals surface area (Å²) in [6, 6.07) is 37.6. The maximum Gasteiger partial charge on any atom is 0.269 e. The molecule has 0 radical (unpaired) electrons. The van der Waals surface area contributed by atoms with Crippen molar-refractivity contribution in [2.24, 2.45) is 0 Å². The number of nitrogens with zero attached hydrogens (tertiary/aromatic N) is 1. The monoisotopic (exact) mass is 704 g/mol. The van der Waals surface area contributed by atoms with E-state index in [1.54, 1.807) is 87.0 Å². The van der Waals surface area contributed by atoms with Crippen molar-refractivity contribution in [1.29, 1.82) is 0 Å². The van der Waals surface area contributed by atoms with Crippen LogP contribution in [0.4, 0.5) is 11.4 Å². The fraction of sp³-hybridized carbons (Fsp3) is 0.0500. The zero-order chi connectivity index (χ0) is 35.8. The van der Waals surface area contributed by atoms with Gasteiger partial charge in [-0.15, -0.1) is 0 Å². The van der Waals surface area contributed by atoms with Crippen LogP contribution < -0.4 is 15.2 Å². The number of halogens is 2. The highest BCUT2D eigenvalue weighted by atomic mass is 35.5. The van der Waals surface area contributed by atoms with E-state index in [2.05, 4.69) is 0 Å². The van der Waals surface area contributed by atoms with Gasteiger partial charge in [0.25, 0.3) is 5.69 Å². The molecule has 0 aliphatic heterocycles. The average Bonchev–Trinajstić information content (AvgIpc) is 3.14. The lowest BCUT2D eigenvalue weighted by Crippen LogP contribution is -2.02. The second-order valence-corrected chi connectivity index (χ2v) is 11.8. The van der Waals surface area contributed by atoms with Gasteiger partial charge in [-0.2, -0.15) is 0 Å². The molecular weight excluding hydrogens is 675 g/mol. The summed E-state index contributed by atoms with van der Waals surface area (Å²) in [7, 11) is 3.16. The Labute approximate surface area is 298 Å². The first-order valence-corrected chi connectivity index (χ1v) is 15.9. The Bertz CT molecular complexity index is 2180. The van der Waals surface area contributed by atoms with Gasteiger partial charge in [-0.3, -0.25) is 19.7 Å². The number of carbonyl (C=O) groups excluding carboxylic acids is 2. The number of benzene rings is 6. The van der Waals surface area contributed by atoms with Gasteiger partial charge in [0.15, 0.2) is 11.6 Å². The number of non-ortho nitro benzene ring substituents is 1. The number of anilines is 1. The highest BCUT2D eigenvalue weighted by molar-refractivity contribution is 6.31. The minimum atomic E-state index is -0.501. The van der Waals surface area contributed by atoms with Gasteiger partial charge in [0.1, 0.15) is 11.5 Å². The zero-order valence-electron chi connectivity index (χ0n) is 26.9. The number of ketones is 2. The SMILES string of the molecule is COc1ccc(C(=O)c2ccc(N)cc2)cc1-c1cccc(Cl)c1.COc1ccc(C(=O)c2ccc([N+](=O)[O-])cc2)cc1-c1cccc(Cl)c1. The van der Waals surface area contributed by atoms with Crippen molar-refractivity contribution in [1.82, 2.24) is 0 Å². The Morgan fingerprint density at radius 2 is 0.980 bits per heavy atom. The Kier molecular flexibility index (Phi) is 11.3. The molecular formula is C40H30Cl2N2O6. The molecule has 0 aromatic heterocycles. The predicted molar refractivity (Wildman–Crippen MR) is 198 cm³/mol. The van der Waals surface area contributed by atoms with E-state index in [4.69, 9.17) is 38.4 Å². The molecule has 6 aromatic rings. The van der Waals surface area contributed by atoms with E-state index in [9.17, 15) is 19.7 Å². The molecule has 8 nitrogen and oxygen atoms in total. The molecule has 50 heavy (non-hydrogen) atoms. The van der Waals surface area contributed by atoms with Crippen LogP contribution in [0.5, 0.6) is 11.5 Å². The van der Waals surface area contributed by atoms with Crippen LogP contribution in [0.2, 0.25) is 10.0 Å². The second kappa shape index (κ2) is 16.0. The van der Waals surface area contributed by atoms with E-state index < -0.39 is 4.92 Å². The number of nitrogens with two attached hydrogens (primary N) is 1. The van der Waals surface area contributed by atoms with Gasteiger partial charge in [0, 0.05) is 61.2 Å². The molecule has 6 aromatic carbocycles. The summed E-state index contributed by atoms with van der Waals surface area (Å²) >= 11 is 12.1. The standard InChI is InChI=1S/C20H14ClNO4.C20H16ClNO2/c1-26-19-10-7-15(12-18(19)14-3-2-4-16(21)11-14)20(23)13-5-8-17(9-6-13)22(24)25;1-24-19-10-7-15(20(23)13-5-8-17(22)9-6-13)12-18(19)14-3-2-4-16(21)11-14/h2-12H,1H3;2-12H,22H2,1H3. The third-order valence-corrected chi connectivity index (χ3v) is 8.18. The highest BCUT2D eigenvalue weighted by Gasteiger charge is 2.16. The third-order valence-electron chi connectivity index (χ3n) is 7.71. The van der Waals surface area contributed by atoms with Crippen molar-refractivity contribution >= 4 is 46.1 Å². The van der Waals surface area contributed by atoms with Crippen LogP contribution in [-0.2, 0) is 0 Å². The molecule has 0 aliphatic rings. The minimum Gasteiger partial charge on any atom is -0.496 e. The number of methoxy groups -OCH3 is 2. The van der Waals surface area contributed by atoms with E-state index >= 15 is 0 Å². The molecule has 0 saturated carbocycles. The van der Waals surface area contributed by atoms with Crippen molar-refractivity contribution in [2.75, 3.05) is 20.0 Å². The molecule has 0 amide bonds. The Morgan fingerprint density at radius 3 is 1.36 bits per heavy atom. The van der Waals surface area contributed by atoms with Crippen LogP contribution in [0.1, 0.15) is 31.8 Å². The first-order chi connectivity index (χ1) is 24.1. The number of carbonyl (C=O) groups is 2. The van der Waals surface area contributed by atoms with Gasteiger partial charge in [0.2, 0.25) is 0 Å². The van der Waals surface area contributed by atoms with Crippen molar-refractivity contribution in [3.05, 3.63) is 176 Å². The van der Waals surface area contributed by atoms with E-state index in [1.165, 1.54) is 24.3 Å². The zero-order valence-corrected chi connectivity index (χ0v) is 28.4. The molecule has 10 heteroatoms. The number of ether oxygens (including phenoxy) is 2. The van der Waals surface area contributed by atoms with Crippen molar-refractivity contribution in [3.8, 4) is 33.8 Å². The minimum absolute atomic E-state index is 0.0594. The number of nitro benzene ring substituents is 1. The largest absolute Gasteiger partial charge is 0.496 e. The number of hydrogen-bond donors (Lipinski definition) is 1. The van der Waals surface area contributed by atoms with E-state index in [1.807, 2.05) is 36.4 Å². The topological polar surface area (TPSA) is 122 Å². The molecule has 0 heterocycles. The lowest BCUT2D eigenvalue weighted by atomic mass is 9.97. The van der Waals surface area contributed by atoms with Crippen LogP contribution in [0.25, 0.3) is 22.3 Å². The van der Waals surface area contributed by atoms with Crippen LogP contribution >= 0.6 is 23.2 Å². The number of hydrogen-bond acceptors (Lipinski definition) is 7. The lowest BCUT2D eigenvalue weighted by Gasteiger charge is -2.11. The maximum absolute atomic E-state index is 12.7. The summed E-state index contributed by atoms with van der Waals surface area (Å²) in [5.41, 5.74) is 11.5. The lowest BCUT2D eigenvalue weighted by molar-refractivity contribution is -0.384. The summed E-state index contributed by atoms with van der Waals surface area (Å²) in [5.74, 6) is 1.00. The number of nitrogen functional groups attached to an aromatic ring is 1. The molecule has 0 spiro atoms.